The first kappa shape index (κ1) is 14.1. The van der Waals surface area contributed by atoms with E-state index in [1.807, 2.05) is 11.3 Å². The smallest absolute Gasteiger partial charge is 0.0219 e. The topological polar surface area (TPSA) is 12.0 Å². The average Bonchev–Trinajstić information content (AvgIpc) is 2.72. The molecule has 1 aromatic rings. The van der Waals surface area contributed by atoms with Gasteiger partial charge in [-0.05, 0) is 59.4 Å². The summed E-state index contributed by atoms with van der Waals surface area (Å²) < 4.78 is 0. The summed E-state index contributed by atoms with van der Waals surface area (Å²) in [5.41, 5.74) is 2.93. The second-order valence-electron chi connectivity index (χ2n) is 6.39. The van der Waals surface area contributed by atoms with Gasteiger partial charge in [0.25, 0.3) is 0 Å². The molecule has 0 bridgehead atoms. The molecular weight excluding hydrogens is 238 g/mol. The largest absolute Gasteiger partial charge is 0.310 e. The highest BCUT2D eigenvalue weighted by Gasteiger charge is 2.30. The van der Waals surface area contributed by atoms with Crippen molar-refractivity contribution in [1.29, 1.82) is 0 Å². The molecule has 0 aromatic carbocycles. The number of hydrogen-bond acceptors (Lipinski definition) is 2. The lowest BCUT2D eigenvalue weighted by atomic mass is 9.74. The third kappa shape index (κ3) is 3.36. The van der Waals surface area contributed by atoms with Crippen LogP contribution in [-0.2, 0) is 6.54 Å². The first-order valence-electron chi connectivity index (χ1n) is 7.33. The summed E-state index contributed by atoms with van der Waals surface area (Å²) in [6.07, 6.45) is 4.17. The van der Waals surface area contributed by atoms with E-state index in [1.54, 1.807) is 0 Å². The lowest BCUT2D eigenvalue weighted by Crippen LogP contribution is -2.42. The van der Waals surface area contributed by atoms with Crippen LogP contribution in [0.5, 0.6) is 0 Å². The second kappa shape index (κ2) is 6.21. The molecule has 1 aliphatic carbocycles. The van der Waals surface area contributed by atoms with E-state index in [0.717, 1.165) is 24.3 Å². The molecule has 0 radical (unpaired) electrons. The Bertz CT molecular complexity index is 369. The van der Waals surface area contributed by atoms with Crippen LogP contribution in [-0.4, -0.2) is 6.04 Å². The SMILES string of the molecule is Cc1cscc1CNC1CC(C)CCC1C(C)C. The summed E-state index contributed by atoms with van der Waals surface area (Å²) in [6, 6.07) is 0.716. The van der Waals surface area contributed by atoms with Crippen LogP contribution >= 0.6 is 11.3 Å². The van der Waals surface area contributed by atoms with Gasteiger partial charge in [-0.25, -0.2) is 0 Å². The second-order valence-corrected chi connectivity index (χ2v) is 7.14. The molecule has 102 valence electrons. The number of hydrogen-bond donors (Lipinski definition) is 1. The Morgan fingerprint density at radius 2 is 2.11 bits per heavy atom. The zero-order chi connectivity index (χ0) is 13.1. The fourth-order valence-electron chi connectivity index (χ4n) is 3.25. The first-order chi connectivity index (χ1) is 8.58. The van der Waals surface area contributed by atoms with Crippen molar-refractivity contribution in [2.24, 2.45) is 17.8 Å². The van der Waals surface area contributed by atoms with E-state index in [2.05, 4.69) is 43.8 Å². The van der Waals surface area contributed by atoms with Gasteiger partial charge in [-0.1, -0.05) is 27.2 Å². The van der Waals surface area contributed by atoms with E-state index < -0.39 is 0 Å². The Kier molecular flexibility index (Phi) is 4.85. The van der Waals surface area contributed by atoms with Crippen molar-refractivity contribution in [3.8, 4) is 0 Å². The van der Waals surface area contributed by atoms with Gasteiger partial charge in [0.05, 0.1) is 0 Å². The predicted octanol–water partition coefficient (Wildman–Crippen LogP) is 4.61. The molecule has 1 nitrogen and oxygen atoms in total. The molecule has 0 aliphatic heterocycles. The summed E-state index contributed by atoms with van der Waals surface area (Å²) in [6.45, 7) is 10.4. The Balaban J connectivity index is 1.94. The fraction of sp³-hybridized carbons (Fsp3) is 0.750. The summed E-state index contributed by atoms with van der Waals surface area (Å²) >= 11 is 1.82. The highest BCUT2D eigenvalue weighted by Crippen LogP contribution is 2.33. The third-order valence-electron chi connectivity index (χ3n) is 4.54. The van der Waals surface area contributed by atoms with Crippen molar-refractivity contribution in [1.82, 2.24) is 5.32 Å². The summed E-state index contributed by atoms with van der Waals surface area (Å²) in [7, 11) is 0. The van der Waals surface area contributed by atoms with Gasteiger partial charge in [0.1, 0.15) is 0 Å². The molecule has 1 aliphatic rings. The molecular formula is C16H27NS. The van der Waals surface area contributed by atoms with Crippen LogP contribution in [0.4, 0.5) is 0 Å². The van der Waals surface area contributed by atoms with Gasteiger partial charge in [-0.2, -0.15) is 11.3 Å². The minimum absolute atomic E-state index is 0.716. The molecule has 0 amide bonds. The van der Waals surface area contributed by atoms with Crippen LogP contribution in [0.2, 0.25) is 0 Å². The number of nitrogens with one attached hydrogen (secondary N) is 1. The van der Waals surface area contributed by atoms with Crippen molar-refractivity contribution in [2.75, 3.05) is 0 Å². The van der Waals surface area contributed by atoms with Crippen molar-refractivity contribution in [3.63, 3.8) is 0 Å². The van der Waals surface area contributed by atoms with Gasteiger partial charge in [0.15, 0.2) is 0 Å². The Morgan fingerprint density at radius 3 is 2.72 bits per heavy atom. The highest BCUT2D eigenvalue weighted by atomic mass is 32.1. The zero-order valence-corrected chi connectivity index (χ0v) is 13.0. The molecule has 1 saturated carbocycles. The van der Waals surface area contributed by atoms with E-state index >= 15 is 0 Å². The van der Waals surface area contributed by atoms with E-state index in [4.69, 9.17) is 0 Å². The molecule has 1 N–H and O–H groups in total. The zero-order valence-electron chi connectivity index (χ0n) is 12.2. The van der Waals surface area contributed by atoms with Crippen molar-refractivity contribution in [3.05, 3.63) is 21.9 Å². The molecule has 0 saturated heterocycles. The number of aryl methyl sites for hydroxylation is 1. The van der Waals surface area contributed by atoms with Gasteiger partial charge < -0.3 is 5.32 Å². The molecule has 1 heterocycles. The number of thiophene rings is 1. The van der Waals surface area contributed by atoms with Gasteiger partial charge in [0, 0.05) is 12.6 Å². The minimum atomic E-state index is 0.716. The maximum absolute atomic E-state index is 3.83. The van der Waals surface area contributed by atoms with Gasteiger partial charge in [-0.15, -0.1) is 0 Å². The number of rotatable bonds is 4. The third-order valence-corrected chi connectivity index (χ3v) is 5.45. The van der Waals surface area contributed by atoms with Crippen LogP contribution in [0.15, 0.2) is 10.8 Å². The Hall–Kier alpha value is -0.340. The summed E-state index contributed by atoms with van der Waals surface area (Å²) in [5.74, 6) is 2.56. The molecule has 3 atom stereocenters. The molecule has 1 fully saturated rings. The van der Waals surface area contributed by atoms with E-state index in [9.17, 15) is 0 Å². The van der Waals surface area contributed by atoms with Crippen LogP contribution < -0.4 is 5.32 Å². The van der Waals surface area contributed by atoms with E-state index in [-0.39, 0.29) is 0 Å². The monoisotopic (exact) mass is 265 g/mol. The Morgan fingerprint density at radius 1 is 1.33 bits per heavy atom. The minimum Gasteiger partial charge on any atom is -0.310 e. The normalized spacial score (nSPS) is 28.8. The molecule has 1 aromatic heterocycles. The first-order valence-corrected chi connectivity index (χ1v) is 8.27. The van der Waals surface area contributed by atoms with Crippen molar-refractivity contribution in [2.45, 2.75) is 59.5 Å². The maximum Gasteiger partial charge on any atom is 0.0219 e. The average molecular weight is 265 g/mol. The predicted molar refractivity (Wildman–Crippen MR) is 81.0 cm³/mol. The van der Waals surface area contributed by atoms with E-state index in [1.165, 1.54) is 30.4 Å². The maximum atomic E-state index is 3.83. The van der Waals surface area contributed by atoms with Crippen LogP contribution in [0.3, 0.4) is 0 Å². The molecule has 2 heteroatoms. The Labute approximate surface area is 116 Å². The molecule has 2 rings (SSSR count). The van der Waals surface area contributed by atoms with Gasteiger partial charge in [-0.3, -0.25) is 0 Å². The summed E-state index contributed by atoms with van der Waals surface area (Å²) in [4.78, 5) is 0. The van der Waals surface area contributed by atoms with Gasteiger partial charge >= 0.3 is 0 Å². The summed E-state index contributed by atoms with van der Waals surface area (Å²) in [5, 5.41) is 8.37. The highest BCUT2D eigenvalue weighted by molar-refractivity contribution is 7.08. The molecule has 0 spiro atoms. The van der Waals surface area contributed by atoms with E-state index in [0.29, 0.717) is 6.04 Å². The van der Waals surface area contributed by atoms with Crippen LogP contribution in [0.1, 0.15) is 51.2 Å². The standard InChI is InChI=1S/C16H27NS/c1-11(2)15-6-5-12(3)7-16(15)17-8-14-10-18-9-13(14)4/h9-12,15-17H,5-8H2,1-4H3. The molecule has 18 heavy (non-hydrogen) atoms. The van der Waals surface area contributed by atoms with Crippen LogP contribution in [0, 0.1) is 24.7 Å². The van der Waals surface area contributed by atoms with Gasteiger partial charge in [0.2, 0.25) is 0 Å². The lowest BCUT2D eigenvalue weighted by Gasteiger charge is -2.38. The quantitative estimate of drug-likeness (QED) is 0.838. The van der Waals surface area contributed by atoms with Crippen molar-refractivity contribution < 1.29 is 0 Å². The van der Waals surface area contributed by atoms with Crippen LogP contribution in [0.25, 0.3) is 0 Å². The lowest BCUT2D eigenvalue weighted by molar-refractivity contribution is 0.169. The van der Waals surface area contributed by atoms with Crippen molar-refractivity contribution >= 4 is 11.3 Å². The molecule has 3 unspecified atom stereocenters. The fourth-order valence-corrected chi connectivity index (χ4v) is 4.10.